The highest BCUT2D eigenvalue weighted by atomic mass is 32.2. The SMILES string of the molecule is CC(C)CN(Cc1cnc(S(=O)(=O)Cc2cccc(C(F)(F)F)c2)n1C1CC1)C(=S)NC1CC1. The van der Waals surface area contributed by atoms with Crippen LogP contribution in [0.25, 0.3) is 0 Å². The van der Waals surface area contributed by atoms with Gasteiger partial charge in [-0.15, -0.1) is 0 Å². The molecule has 1 aromatic heterocycles. The molecule has 0 unspecified atom stereocenters. The number of sulfone groups is 1. The molecule has 0 radical (unpaired) electrons. The highest BCUT2D eigenvalue weighted by molar-refractivity contribution is 7.90. The Labute approximate surface area is 203 Å². The molecule has 2 aromatic rings. The minimum atomic E-state index is -4.54. The molecule has 0 aliphatic heterocycles. The van der Waals surface area contributed by atoms with Crippen molar-refractivity contribution >= 4 is 27.2 Å². The van der Waals surface area contributed by atoms with Crippen LogP contribution >= 0.6 is 12.2 Å². The predicted octanol–water partition coefficient (Wildman–Crippen LogP) is 4.71. The summed E-state index contributed by atoms with van der Waals surface area (Å²) in [6.45, 7) is 5.31. The van der Waals surface area contributed by atoms with Gasteiger partial charge < -0.3 is 14.8 Å². The van der Waals surface area contributed by atoms with Crippen molar-refractivity contribution in [3.63, 3.8) is 0 Å². The number of benzene rings is 1. The zero-order valence-corrected chi connectivity index (χ0v) is 20.8. The summed E-state index contributed by atoms with van der Waals surface area (Å²) < 4.78 is 67.5. The molecule has 6 nitrogen and oxygen atoms in total. The summed E-state index contributed by atoms with van der Waals surface area (Å²) in [7, 11) is -3.96. The lowest BCUT2D eigenvalue weighted by atomic mass is 10.1. The van der Waals surface area contributed by atoms with Crippen LogP contribution in [-0.2, 0) is 28.3 Å². The number of hydrogen-bond donors (Lipinski definition) is 1. The van der Waals surface area contributed by atoms with Gasteiger partial charge in [0.15, 0.2) is 5.11 Å². The second-order valence-electron chi connectivity index (χ2n) is 9.59. The highest BCUT2D eigenvalue weighted by Crippen LogP contribution is 2.39. The molecule has 1 N–H and O–H groups in total. The van der Waals surface area contributed by atoms with E-state index in [1.165, 1.54) is 12.1 Å². The van der Waals surface area contributed by atoms with Gasteiger partial charge in [-0.1, -0.05) is 32.0 Å². The van der Waals surface area contributed by atoms with Crippen molar-refractivity contribution in [1.82, 2.24) is 19.8 Å². The van der Waals surface area contributed by atoms with Crippen LogP contribution in [0.5, 0.6) is 0 Å². The number of alkyl halides is 3. The Hall–Kier alpha value is -2.14. The van der Waals surface area contributed by atoms with Crippen LogP contribution in [0.4, 0.5) is 13.2 Å². The summed E-state index contributed by atoms with van der Waals surface area (Å²) in [5, 5.41) is 3.91. The number of nitrogens with one attached hydrogen (secondary N) is 1. The van der Waals surface area contributed by atoms with E-state index in [-0.39, 0.29) is 16.8 Å². The first kappa shape index (κ1) is 25.0. The van der Waals surface area contributed by atoms with Crippen LogP contribution in [0.3, 0.4) is 0 Å². The molecule has 0 amide bonds. The summed E-state index contributed by atoms with van der Waals surface area (Å²) >= 11 is 5.62. The van der Waals surface area contributed by atoms with E-state index in [9.17, 15) is 21.6 Å². The number of aromatic nitrogens is 2. The first-order valence-electron chi connectivity index (χ1n) is 11.4. The van der Waals surface area contributed by atoms with E-state index in [0.717, 1.165) is 43.5 Å². The lowest BCUT2D eigenvalue weighted by Crippen LogP contribution is -2.42. The number of hydrogen-bond acceptors (Lipinski definition) is 4. The van der Waals surface area contributed by atoms with Crippen LogP contribution in [0.15, 0.2) is 35.6 Å². The maximum atomic E-state index is 13.3. The summed E-state index contributed by atoms with van der Waals surface area (Å²) in [6, 6.07) is 4.86. The first-order chi connectivity index (χ1) is 15.9. The number of nitrogens with zero attached hydrogens (tertiary/aromatic N) is 3. The zero-order valence-electron chi connectivity index (χ0n) is 19.2. The largest absolute Gasteiger partial charge is 0.416 e. The van der Waals surface area contributed by atoms with Crippen molar-refractivity contribution in [2.75, 3.05) is 6.54 Å². The second kappa shape index (κ2) is 9.49. The van der Waals surface area contributed by atoms with E-state index in [4.69, 9.17) is 12.2 Å². The lowest BCUT2D eigenvalue weighted by molar-refractivity contribution is -0.137. The van der Waals surface area contributed by atoms with Crippen LogP contribution in [0.2, 0.25) is 0 Å². The Balaban J connectivity index is 1.59. The van der Waals surface area contributed by atoms with Gasteiger partial charge in [0, 0.05) is 18.6 Å². The quantitative estimate of drug-likeness (QED) is 0.489. The first-order valence-corrected chi connectivity index (χ1v) is 13.5. The van der Waals surface area contributed by atoms with Gasteiger partial charge in [-0.25, -0.2) is 13.4 Å². The van der Waals surface area contributed by atoms with Crippen LogP contribution in [0, 0.1) is 5.92 Å². The normalized spacial score (nSPS) is 16.6. The molecular formula is C23H29F3N4O2S2. The molecule has 4 rings (SSSR count). The van der Waals surface area contributed by atoms with E-state index in [0.29, 0.717) is 30.2 Å². The minimum absolute atomic E-state index is 0.0228. The molecule has 2 aliphatic rings. The van der Waals surface area contributed by atoms with Gasteiger partial charge in [0.25, 0.3) is 0 Å². The van der Waals surface area contributed by atoms with Crippen molar-refractivity contribution in [2.45, 2.75) is 75.2 Å². The molecule has 34 heavy (non-hydrogen) atoms. The van der Waals surface area contributed by atoms with Crippen molar-refractivity contribution in [3.8, 4) is 0 Å². The molecule has 2 saturated carbocycles. The maximum absolute atomic E-state index is 13.3. The third-order valence-corrected chi connectivity index (χ3v) is 7.72. The maximum Gasteiger partial charge on any atom is 0.416 e. The predicted molar refractivity (Wildman–Crippen MR) is 127 cm³/mol. The second-order valence-corrected chi connectivity index (χ2v) is 11.9. The number of imidazole rings is 1. The van der Waals surface area contributed by atoms with Gasteiger partial charge in [0.1, 0.15) is 0 Å². The van der Waals surface area contributed by atoms with Crippen molar-refractivity contribution in [1.29, 1.82) is 0 Å². The van der Waals surface area contributed by atoms with Gasteiger partial charge in [-0.3, -0.25) is 0 Å². The third-order valence-electron chi connectivity index (χ3n) is 5.77. The van der Waals surface area contributed by atoms with Crippen molar-refractivity contribution in [2.24, 2.45) is 5.92 Å². The van der Waals surface area contributed by atoms with Gasteiger partial charge in [-0.2, -0.15) is 13.2 Å². The van der Waals surface area contributed by atoms with Gasteiger partial charge in [0.05, 0.1) is 29.8 Å². The van der Waals surface area contributed by atoms with Gasteiger partial charge >= 0.3 is 6.18 Å². The van der Waals surface area contributed by atoms with Gasteiger partial charge in [-0.05, 0) is 55.4 Å². The summed E-state index contributed by atoms with van der Waals surface area (Å²) in [5.41, 5.74) is -0.0453. The summed E-state index contributed by atoms with van der Waals surface area (Å²) in [6.07, 6.45) is 0.882. The monoisotopic (exact) mass is 514 g/mol. The molecule has 186 valence electrons. The molecule has 0 atom stereocenters. The Morgan fingerprint density at radius 1 is 1.26 bits per heavy atom. The van der Waals surface area contributed by atoms with Crippen molar-refractivity contribution in [3.05, 3.63) is 47.3 Å². The summed E-state index contributed by atoms with van der Waals surface area (Å²) in [4.78, 5) is 6.28. The fourth-order valence-electron chi connectivity index (χ4n) is 3.92. The third kappa shape index (κ3) is 6.10. The van der Waals surface area contributed by atoms with Crippen molar-refractivity contribution < 1.29 is 21.6 Å². The van der Waals surface area contributed by atoms with Crippen LogP contribution < -0.4 is 5.32 Å². The summed E-state index contributed by atoms with van der Waals surface area (Å²) in [5.74, 6) is -0.197. The average Bonchev–Trinajstić information content (AvgIpc) is 3.66. The molecule has 2 fully saturated rings. The highest BCUT2D eigenvalue weighted by Gasteiger charge is 2.35. The fourth-order valence-corrected chi connectivity index (χ4v) is 5.75. The van der Waals surface area contributed by atoms with Crippen LogP contribution in [0.1, 0.15) is 62.4 Å². The number of rotatable bonds is 9. The van der Waals surface area contributed by atoms with Gasteiger partial charge in [0.2, 0.25) is 15.0 Å². The van der Waals surface area contributed by atoms with E-state index < -0.39 is 27.3 Å². The Morgan fingerprint density at radius 2 is 1.97 bits per heavy atom. The van der Waals surface area contributed by atoms with E-state index in [1.54, 1.807) is 10.8 Å². The van der Waals surface area contributed by atoms with E-state index in [2.05, 4.69) is 24.1 Å². The molecule has 2 aliphatic carbocycles. The number of halogens is 3. The molecular weight excluding hydrogens is 485 g/mol. The Bertz CT molecular complexity index is 1150. The lowest BCUT2D eigenvalue weighted by Gasteiger charge is -2.28. The molecule has 0 bridgehead atoms. The minimum Gasteiger partial charge on any atom is -0.360 e. The molecule has 0 spiro atoms. The number of thiocarbonyl (C=S) groups is 1. The zero-order chi connectivity index (χ0) is 24.7. The molecule has 11 heteroatoms. The fraction of sp³-hybridized carbons (Fsp3) is 0.565. The topological polar surface area (TPSA) is 67.2 Å². The Kier molecular flexibility index (Phi) is 6.97. The standard InChI is InChI=1S/C23H29F3N4O2S2/c1-15(2)12-29(21(33)28-18-6-7-18)13-20-11-27-22(30(20)19-8-9-19)34(31,32)14-16-4-3-5-17(10-16)23(24,25)26/h3-5,10-11,15,18-19H,6-9,12-14H2,1-2H3,(H,28,33). The van der Waals surface area contributed by atoms with E-state index in [1.807, 2.05) is 4.90 Å². The molecule has 1 heterocycles. The van der Waals surface area contributed by atoms with E-state index >= 15 is 0 Å². The van der Waals surface area contributed by atoms with Crippen LogP contribution in [-0.4, -0.2) is 40.6 Å². The Morgan fingerprint density at radius 3 is 2.56 bits per heavy atom. The smallest absolute Gasteiger partial charge is 0.360 e. The molecule has 1 aromatic carbocycles. The average molecular weight is 515 g/mol. The molecule has 0 saturated heterocycles.